The molecule has 0 aliphatic heterocycles. The predicted molar refractivity (Wildman–Crippen MR) is 189 cm³/mol. The number of rotatable bonds is 9. The van der Waals surface area contributed by atoms with Crippen molar-refractivity contribution in [3.8, 4) is 34.1 Å². The predicted octanol–water partition coefficient (Wildman–Crippen LogP) is 7.99. The Morgan fingerprint density at radius 3 is 1.76 bits per heavy atom. The minimum atomic E-state index is -4.65. The van der Waals surface area contributed by atoms with Crippen LogP contribution in [-0.2, 0) is 20.2 Å². The van der Waals surface area contributed by atoms with Gasteiger partial charge in [-0.25, -0.2) is 0 Å². The molecule has 0 unspecified atom stereocenters. The molecule has 0 bridgehead atoms. The van der Waals surface area contributed by atoms with Gasteiger partial charge in [0.05, 0.1) is 19.6 Å². The third-order valence-electron chi connectivity index (χ3n) is 7.86. The van der Waals surface area contributed by atoms with E-state index in [0.29, 0.717) is 22.3 Å². The molecule has 51 heavy (non-hydrogen) atoms. The molecule has 6 N–H and O–H groups in total. The van der Waals surface area contributed by atoms with Gasteiger partial charge in [-0.15, -0.1) is 20.5 Å². The fourth-order valence-corrected chi connectivity index (χ4v) is 6.86. The van der Waals surface area contributed by atoms with Crippen LogP contribution in [0.4, 0.5) is 28.4 Å². The summed E-state index contributed by atoms with van der Waals surface area (Å²) in [5, 5.41) is 38.5. The highest BCUT2D eigenvalue weighted by molar-refractivity contribution is 7.86. The number of fused-ring (bicyclic) bond motifs is 2. The lowest BCUT2D eigenvalue weighted by atomic mass is 10.0. The summed E-state index contributed by atoms with van der Waals surface area (Å²) in [6.07, 6.45) is 0. The van der Waals surface area contributed by atoms with Crippen LogP contribution >= 0.6 is 0 Å². The van der Waals surface area contributed by atoms with E-state index < -0.39 is 35.8 Å². The Labute approximate surface area is 290 Å². The lowest BCUT2D eigenvalue weighted by molar-refractivity contribution is 0.415. The van der Waals surface area contributed by atoms with Gasteiger partial charge in [0.25, 0.3) is 20.2 Å². The first kappa shape index (κ1) is 34.7. The summed E-state index contributed by atoms with van der Waals surface area (Å²) >= 11 is 0. The molecule has 17 heteroatoms. The molecule has 0 amide bonds. The van der Waals surface area contributed by atoms with Crippen LogP contribution in [0, 0.1) is 0 Å². The Balaban J connectivity index is 1.32. The highest BCUT2D eigenvalue weighted by Crippen LogP contribution is 2.44. The molecule has 0 atom stereocenters. The van der Waals surface area contributed by atoms with Crippen LogP contribution in [0.25, 0.3) is 32.7 Å². The number of methoxy groups -OCH3 is 2. The molecule has 0 radical (unpaired) electrons. The summed E-state index contributed by atoms with van der Waals surface area (Å²) < 4.78 is 78.2. The molecule has 0 saturated heterocycles. The number of nitrogen functional groups attached to an aromatic ring is 1. The zero-order valence-electron chi connectivity index (χ0n) is 26.6. The van der Waals surface area contributed by atoms with Crippen molar-refractivity contribution in [1.29, 1.82) is 0 Å². The number of aromatic hydroxyl groups is 2. The maximum absolute atomic E-state index is 12.1. The van der Waals surface area contributed by atoms with Crippen LogP contribution in [0.2, 0.25) is 0 Å². The van der Waals surface area contributed by atoms with Crippen molar-refractivity contribution in [2.75, 3.05) is 20.0 Å². The monoisotopic (exact) mass is 729 g/mol. The van der Waals surface area contributed by atoms with E-state index in [1.807, 2.05) is 0 Å². The van der Waals surface area contributed by atoms with Gasteiger partial charge in [0.2, 0.25) is 0 Å². The third-order valence-corrected chi connectivity index (χ3v) is 9.66. The summed E-state index contributed by atoms with van der Waals surface area (Å²) in [5.41, 5.74) is 7.76. The number of azo groups is 2. The Bertz CT molecular complexity index is 2660. The van der Waals surface area contributed by atoms with Crippen LogP contribution < -0.4 is 15.2 Å². The van der Waals surface area contributed by atoms with Gasteiger partial charge < -0.3 is 25.4 Å². The van der Waals surface area contributed by atoms with Crippen molar-refractivity contribution in [2.45, 2.75) is 9.79 Å². The number of anilines is 1. The maximum Gasteiger partial charge on any atom is 0.295 e. The average molecular weight is 730 g/mol. The van der Waals surface area contributed by atoms with Crippen molar-refractivity contribution in [3.63, 3.8) is 0 Å². The lowest BCUT2D eigenvalue weighted by Gasteiger charge is -2.11. The Morgan fingerprint density at radius 1 is 0.608 bits per heavy atom. The first-order chi connectivity index (χ1) is 24.2. The fourth-order valence-electron chi connectivity index (χ4n) is 5.45. The van der Waals surface area contributed by atoms with Crippen molar-refractivity contribution in [1.82, 2.24) is 0 Å². The largest absolute Gasteiger partial charge is 0.506 e. The second-order valence-corrected chi connectivity index (χ2v) is 13.7. The Kier molecular flexibility index (Phi) is 9.05. The quantitative estimate of drug-likeness (QED) is 0.0542. The van der Waals surface area contributed by atoms with Gasteiger partial charge in [0.1, 0.15) is 49.8 Å². The molecular formula is C34H27N5O10S2. The highest BCUT2D eigenvalue weighted by atomic mass is 32.2. The van der Waals surface area contributed by atoms with E-state index in [-0.39, 0.29) is 56.1 Å². The second-order valence-electron chi connectivity index (χ2n) is 10.9. The number of nitrogens with zero attached hydrogens (tertiary/aromatic N) is 4. The van der Waals surface area contributed by atoms with Crippen LogP contribution in [0.1, 0.15) is 0 Å². The van der Waals surface area contributed by atoms with E-state index in [2.05, 4.69) is 20.5 Å². The highest BCUT2D eigenvalue weighted by Gasteiger charge is 2.21. The number of hydrogen-bond donors (Lipinski definition) is 5. The Hall–Kier alpha value is -6.14. The van der Waals surface area contributed by atoms with Crippen LogP contribution in [-0.4, -0.2) is 50.4 Å². The summed E-state index contributed by atoms with van der Waals surface area (Å²) in [6.45, 7) is 0. The topological polar surface area (TPSA) is 243 Å². The molecule has 0 fully saturated rings. The molecule has 0 aliphatic rings. The van der Waals surface area contributed by atoms with E-state index in [4.69, 9.17) is 15.2 Å². The van der Waals surface area contributed by atoms with Crippen LogP contribution in [0.15, 0.2) is 121 Å². The van der Waals surface area contributed by atoms with Gasteiger partial charge in [-0.3, -0.25) is 9.11 Å². The van der Waals surface area contributed by atoms with Crippen molar-refractivity contribution >= 4 is 70.2 Å². The van der Waals surface area contributed by atoms with Gasteiger partial charge in [0, 0.05) is 16.5 Å². The first-order valence-electron chi connectivity index (χ1n) is 14.6. The number of phenols is 2. The fraction of sp³-hybridized carbons (Fsp3) is 0.0588. The number of benzene rings is 6. The molecule has 6 aromatic rings. The molecule has 6 aromatic carbocycles. The van der Waals surface area contributed by atoms with Gasteiger partial charge in [-0.2, -0.15) is 16.8 Å². The van der Waals surface area contributed by atoms with E-state index >= 15 is 0 Å². The number of hydrogen-bond acceptors (Lipinski definition) is 13. The van der Waals surface area contributed by atoms with Crippen molar-refractivity contribution in [2.24, 2.45) is 20.5 Å². The third kappa shape index (κ3) is 6.73. The smallest absolute Gasteiger partial charge is 0.295 e. The number of nitrogens with two attached hydrogens (primary N) is 1. The van der Waals surface area contributed by atoms with Crippen molar-refractivity contribution < 1.29 is 45.6 Å². The van der Waals surface area contributed by atoms with Crippen LogP contribution in [0.3, 0.4) is 0 Å². The molecule has 15 nitrogen and oxygen atoms in total. The standard InChI is InChI=1S/C34H27N5O10S2/c1-48-27-16-19(6-11-23(27)36-38-25-13-9-21-29(50(42,43)44)15-10-22(35)32(21)34(25)41)20-7-12-24(28(17-20)49-2)37-39-33-26(40)14-8-18-4-3-5-30(31(18)33)51(45,46)47/h3-17,40-41H,35H2,1-2H3,(H,42,43,44)(H,45,46,47). The SMILES string of the molecule is COc1cc(-c2ccc(N=Nc3c(O)ccc4cccc(S(=O)(=O)O)c34)c(OC)c2)ccc1N=Nc1ccc2c(S(=O)(=O)O)ccc(N)c2c1O. The van der Waals surface area contributed by atoms with E-state index in [1.165, 1.54) is 56.7 Å². The van der Waals surface area contributed by atoms with E-state index in [9.17, 15) is 36.2 Å². The summed E-state index contributed by atoms with van der Waals surface area (Å²) in [6, 6.07) is 22.2. The van der Waals surface area contributed by atoms with Gasteiger partial charge in [-0.05, 0) is 71.1 Å². The molecule has 6 rings (SSSR count). The molecule has 0 saturated carbocycles. The summed E-state index contributed by atoms with van der Waals surface area (Å²) in [7, 11) is -6.38. The Morgan fingerprint density at radius 2 is 1.18 bits per heavy atom. The van der Waals surface area contributed by atoms with E-state index in [0.717, 1.165) is 6.07 Å². The number of phenolic OH excluding ortho intramolecular Hbond substituents is 2. The summed E-state index contributed by atoms with van der Waals surface area (Å²) in [4.78, 5) is -0.856. The zero-order chi connectivity index (χ0) is 36.7. The lowest BCUT2D eigenvalue weighted by Crippen LogP contribution is -2.00. The maximum atomic E-state index is 12.1. The minimum absolute atomic E-state index is 0.00471. The average Bonchev–Trinajstić information content (AvgIpc) is 3.09. The minimum Gasteiger partial charge on any atom is -0.506 e. The van der Waals surface area contributed by atoms with Crippen LogP contribution in [0.5, 0.6) is 23.0 Å². The molecule has 0 heterocycles. The van der Waals surface area contributed by atoms with Gasteiger partial charge in [0.15, 0.2) is 5.75 Å². The summed E-state index contributed by atoms with van der Waals surface area (Å²) in [5.74, 6) is -0.187. The molecular weight excluding hydrogens is 703 g/mol. The van der Waals surface area contributed by atoms with E-state index in [1.54, 1.807) is 42.5 Å². The normalized spacial score (nSPS) is 12.3. The molecule has 0 aliphatic carbocycles. The van der Waals surface area contributed by atoms with Gasteiger partial charge in [-0.1, -0.05) is 36.4 Å². The van der Waals surface area contributed by atoms with Gasteiger partial charge >= 0.3 is 0 Å². The molecule has 0 spiro atoms. The molecule has 0 aromatic heterocycles. The van der Waals surface area contributed by atoms with Crippen molar-refractivity contribution in [3.05, 3.63) is 91.0 Å². The first-order valence-corrected chi connectivity index (χ1v) is 17.5. The second kappa shape index (κ2) is 13.3. The zero-order valence-corrected chi connectivity index (χ0v) is 28.2. The number of ether oxygens (including phenoxy) is 2. The molecule has 260 valence electrons.